The Kier molecular flexibility index (Phi) is 3.09. The van der Waals surface area contributed by atoms with E-state index in [1.165, 1.54) is 0 Å². The molecule has 0 aliphatic carbocycles. The minimum Gasteiger partial charge on any atom is -0.478 e. The van der Waals surface area contributed by atoms with Gasteiger partial charge in [-0.3, -0.25) is 0 Å². The number of carbonyl (C=O) groups is 1. The van der Waals surface area contributed by atoms with Gasteiger partial charge >= 0.3 is 5.97 Å². The van der Waals surface area contributed by atoms with Gasteiger partial charge in [0.05, 0.1) is 6.26 Å². The molecule has 0 aliphatic heterocycles. The van der Waals surface area contributed by atoms with E-state index in [2.05, 4.69) is 0 Å². The van der Waals surface area contributed by atoms with E-state index in [9.17, 15) is 4.79 Å². The number of allylic oxidation sites excluding steroid dienone is 2. The molecule has 3 nitrogen and oxygen atoms in total. The zero-order valence-electron chi connectivity index (χ0n) is 7.23. The number of carboxylic acids is 1. The van der Waals surface area contributed by atoms with Crippen LogP contribution in [0.1, 0.15) is 12.7 Å². The van der Waals surface area contributed by atoms with Crippen LogP contribution >= 0.6 is 0 Å². The summed E-state index contributed by atoms with van der Waals surface area (Å²) in [5.41, 5.74) is 0.670. The Bertz CT molecular complexity index is 331. The SMILES string of the molecule is CC(/C=C/c1ccco1)=C\C(=O)O. The van der Waals surface area contributed by atoms with Crippen LogP contribution in [0.15, 0.2) is 40.5 Å². The van der Waals surface area contributed by atoms with Gasteiger partial charge in [0, 0.05) is 6.08 Å². The average Bonchev–Trinajstić information content (AvgIpc) is 2.51. The van der Waals surface area contributed by atoms with Crippen molar-refractivity contribution in [1.82, 2.24) is 0 Å². The predicted molar refractivity (Wildman–Crippen MR) is 49.1 cm³/mol. The Morgan fingerprint density at radius 3 is 2.92 bits per heavy atom. The molecule has 1 rings (SSSR count). The van der Waals surface area contributed by atoms with Crippen LogP contribution in [0.4, 0.5) is 0 Å². The molecule has 0 aliphatic rings. The van der Waals surface area contributed by atoms with Crippen molar-refractivity contribution >= 4 is 12.0 Å². The lowest BCUT2D eigenvalue weighted by Gasteiger charge is -1.87. The number of hydrogen-bond donors (Lipinski definition) is 1. The van der Waals surface area contributed by atoms with Gasteiger partial charge in [-0.25, -0.2) is 4.79 Å². The first-order chi connectivity index (χ1) is 6.18. The lowest BCUT2D eigenvalue weighted by molar-refractivity contribution is -0.131. The molecule has 0 saturated carbocycles. The molecular weight excluding hydrogens is 168 g/mol. The molecule has 0 unspecified atom stereocenters. The van der Waals surface area contributed by atoms with Crippen LogP contribution in [0, 0.1) is 0 Å². The van der Waals surface area contributed by atoms with E-state index in [0.717, 1.165) is 6.08 Å². The van der Waals surface area contributed by atoms with Gasteiger partial charge in [0.1, 0.15) is 5.76 Å². The van der Waals surface area contributed by atoms with Gasteiger partial charge in [-0.15, -0.1) is 0 Å². The van der Waals surface area contributed by atoms with Crippen molar-refractivity contribution in [1.29, 1.82) is 0 Å². The first-order valence-corrected chi connectivity index (χ1v) is 3.81. The second-order valence-electron chi connectivity index (χ2n) is 2.58. The number of carboxylic acid groups (broad SMARTS) is 1. The number of hydrogen-bond acceptors (Lipinski definition) is 2. The molecule has 0 atom stereocenters. The summed E-state index contributed by atoms with van der Waals surface area (Å²) in [6.07, 6.45) is 6.11. The third-order valence-corrected chi connectivity index (χ3v) is 1.40. The molecule has 0 radical (unpaired) electrons. The van der Waals surface area contributed by atoms with Gasteiger partial charge in [0.25, 0.3) is 0 Å². The van der Waals surface area contributed by atoms with Crippen LogP contribution in [-0.2, 0) is 4.79 Å². The first kappa shape index (κ1) is 9.32. The zero-order chi connectivity index (χ0) is 9.68. The van der Waals surface area contributed by atoms with Crippen molar-refractivity contribution in [2.75, 3.05) is 0 Å². The van der Waals surface area contributed by atoms with Crippen molar-refractivity contribution < 1.29 is 14.3 Å². The average molecular weight is 178 g/mol. The molecular formula is C10H10O3. The molecule has 1 aromatic heterocycles. The largest absolute Gasteiger partial charge is 0.478 e. The van der Waals surface area contributed by atoms with Gasteiger partial charge < -0.3 is 9.52 Å². The van der Waals surface area contributed by atoms with Crippen LogP contribution in [0.3, 0.4) is 0 Å². The summed E-state index contributed by atoms with van der Waals surface area (Å²) in [5, 5.41) is 8.41. The Hall–Kier alpha value is -1.77. The first-order valence-electron chi connectivity index (χ1n) is 3.81. The second kappa shape index (κ2) is 4.30. The van der Waals surface area contributed by atoms with Gasteiger partial charge in [-0.1, -0.05) is 6.08 Å². The minimum atomic E-state index is -0.943. The fourth-order valence-electron chi connectivity index (χ4n) is 0.843. The van der Waals surface area contributed by atoms with E-state index in [4.69, 9.17) is 9.52 Å². The van der Waals surface area contributed by atoms with E-state index in [-0.39, 0.29) is 0 Å². The highest BCUT2D eigenvalue weighted by Gasteiger charge is 1.90. The van der Waals surface area contributed by atoms with Gasteiger partial charge in [0.15, 0.2) is 0 Å². The van der Waals surface area contributed by atoms with E-state index >= 15 is 0 Å². The minimum absolute atomic E-state index is 0.670. The highest BCUT2D eigenvalue weighted by molar-refractivity contribution is 5.81. The highest BCUT2D eigenvalue weighted by atomic mass is 16.4. The van der Waals surface area contributed by atoms with Crippen LogP contribution in [0.5, 0.6) is 0 Å². The van der Waals surface area contributed by atoms with Crippen LogP contribution < -0.4 is 0 Å². The third kappa shape index (κ3) is 3.42. The molecule has 0 spiro atoms. The molecule has 0 aromatic carbocycles. The lowest BCUT2D eigenvalue weighted by Crippen LogP contribution is -1.87. The Labute approximate surface area is 76.0 Å². The molecule has 3 heteroatoms. The van der Waals surface area contributed by atoms with Crippen LogP contribution in [0.25, 0.3) is 6.08 Å². The second-order valence-corrected chi connectivity index (χ2v) is 2.58. The van der Waals surface area contributed by atoms with Crippen LogP contribution in [-0.4, -0.2) is 11.1 Å². The summed E-state index contributed by atoms with van der Waals surface area (Å²) in [7, 11) is 0. The molecule has 1 N–H and O–H groups in total. The van der Waals surface area contributed by atoms with Crippen molar-refractivity contribution in [3.8, 4) is 0 Å². The van der Waals surface area contributed by atoms with Gasteiger partial charge in [-0.2, -0.15) is 0 Å². The molecule has 0 amide bonds. The standard InChI is InChI=1S/C10H10O3/c1-8(7-10(11)12)4-5-9-3-2-6-13-9/h2-7H,1H3,(H,11,12)/b5-4+,8-7+. The van der Waals surface area contributed by atoms with E-state index < -0.39 is 5.97 Å². The molecule has 1 aromatic rings. The Morgan fingerprint density at radius 1 is 1.62 bits per heavy atom. The molecule has 1 heterocycles. The smallest absolute Gasteiger partial charge is 0.328 e. The van der Waals surface area contributed by atoms with Crippen molar-refractivity contribution in [3.05, 3.63) is 41.9 Å². The normalized spacial score (nSPS) is 12.2. The van der Waals surface area contributed by atoms with E-state index in [0.29, 0.717) is 11.3 Å². The predicted octanol–water partition coefficient (Wildman–Crippen LogP) is 2.32. The molecule has 13 heavy (non-hydrogen) atoms. The van der Waals surface area contributed by atoms with Crippen molar-refractivity contribution in [2.45, 2.75) is 6.92 Å². The summed E-state index contributed by atoms with van der Waals surface area (Å²) < 4.78 is 5.03. The maximum absolute atomic E-state index is 10.2. The highest BCUT2D eigenvalue weighted by Crippen LogP contribution is 2.05. The monoisotopic (exact) mass is 178 g/mol. The summed E-state index contributed by atoms with van der Waals surface area (Å²) in [5.74, 6) is -0.236. The summed E-state index contributed by atoms with van der Waals surface area (Å²) in [6, 6.07) is 3.57. The van der Waals surface area contributed by atoms with Crippen molar-refractivity contribution in [2.24, 2.45) is 0 Å². The summed E-state index contributed by atoms with van der Waals surface area (Å²) >= 11 is 0. The maximum Gasteiger partial charge on any atom is 0.328 e. The van der Waals surface area contributed by atoms with Gasteiger partial charge in [-0.05, 0) is 30.7 Å². The zero-order valence-corrected chi connectivity index (χ0v) is 7.23. The maximum atomic E-state index is 10.2. The Morgan fingerprint density at radius 2 is 2.38 bits per heavy atom. The van der Waals surface area contributed by atoms with Crippen molar-refractivity contribution in [3.63, 3.8) is 0 Å². The number of furan rings is 1. The van der Waals surface area contributed by atoms with Crippen LogP contribution in [0.2, 0.25) is 0 Å². The quantitative estimate of drug-likeness (QED) is 0.570. The fraction of sp³-hybridized carbons (Fsp3) is 0.100. The molecule has 0 bridgehead atoms. The molecule has 0 fully saturated rings. The van der Waals surface area contributed by atoms with E-state index in [1.807, 2.05) is 0 Å². The number of rotatable bonds is 3. The lowest BCUT2D eigenvalue weighted by atomic mass is 10.2. The fourth-order valence-corrected chi connectivity index (χ4v) is 0.843. The Balaban J connectivity index is 2.64. The molecule has 0 saturated heterocycles. The van der Waals surface area contributed by atoms with Gasteiger partial charge in [0.2, 0.25) is 0 Å². The summed E-state index contributed by atoms with van der Waals surface area (Å²) in [4.78, 5) is 10.2. The molecule has 68 valence electrons. The topological polar surface area (TPSA) is 50.4 Å². The summed E-state index contributed by atoms with van der Waals surface area (Å²) in [6.45, 7) is 1.72. The van der Waals surface area contributed by atoms with E-state index in [1.54, 1.807) is 37.5 Å². The number of aliphatic carboxylic acids is 1. The third-order valence-electron chi connectivity index (χ3n) is 1.40.